The zero-order valence-electron chi connectivity index (χ0n) is 19.4. The second-order valence-corrected chi connectivity index (χ2v) is 9.73. The lowest BCUT2D eigenvalue weighted by Gasteiger charge is -2.39. The van der Waals surface area contributed by atoms with Crippen molar-refractivity contribution in [2.45, 2.75) is 65.7 Å². The molecule has 1 aliphatic carbocycles. The van der Waals surface area contributed by atoms with Crippen LogP contribution in [0.2, 0.25) is 5.02 Å². The molecule has 32 heavy (non-hydrogen) atoms. The number of hydrogen-bond acceptors (Lipinski definition) is 6. The number of allylic oxidation sites excluding steroid dienone is 3. The number of rotatable bonds is 7. The van der Waals surface area contributed by atoms with Crippen LogP contribution in [0.25, 0.3) is 0 Å². The van der Waals surface area contributed by atoms with Crippen LogP contribution in [0.3, 0.4) is 0 Å². The van der Waals surface area contributed by atoms with E-state index >= 15 is 0 Å². The minimum absolute atomic E-state index is 0.0132. The van der Waals surface area contributed by atoms with Gasteiger partial charge in [-0.05, 0) is 42.9 Å². The first kappa shape index (κ1) is 24.2. The van der Waals surface area contributed by atoms with Gasteiger partial charge < -0.3 is 19.9 Å². The van der Waals surface area contributed by atoms with Gasteiger partial charge in [0.2, 0.25) is 0 Å². The summed E-state index contributed by atoms with van der Waals surface area (Å²) in [4.78, 5) is 26.5. The third-order valence-corrected chi connectivity index (χ3v) is 6.33. The molecule has 2 N–H and O–H groups in total. The van der Waals surface area contributed by atoms with Crippen LogP contribution in [0.4, 0.5) is 0 Å². The van der Waals surface area contributed by atoms with E-state index in [1.54, 1.807) is 12.1 Å². The fraction of sp³-hybridized carbons (Fsp3) is 0.520. The number of esters is 1. The highest BCUT2D eigenvalue weighted by atomic mass is 35.5. The highest BCUT2D eigenvalue weighted by Crippen LogP contribution is 2.48. The lowest BCUT2D eigenvalue weighted by Crippen LogP contribution is -2.38. The average molecular weight is 462 g/mol. The molecule has 0 amide bonds. The number of Topliss-reactive ketones (excluding diaryl/α,β-unsaturated/α-hetero) is 1. The van der Waals surface area contributed by atoms with Crippen LogP contribution in [0.1, 0.15) is 71.3 Å². The van der Waals surface area contributed by atoms with Crippen LogP contribution in [0, 0.1) is 5.41 Å². The van der Waals surface area contributed by atoms with Crippen LogP contribution in [0.5, 0.6) is 11.5 Å². The fourth-order valence-electron chi connectivity index (χ4n) is 4.55. The second kappa shape index (κ2) is 9.57. The SMILES string of the molecule is CCCCCOC(=O)C1=C(C)NC2=C(C(=O)CC(C)(C)C2)C1c1cc(Cl)c(O)c(OC)c1. The zero-order valence-corrected chi connectivity index (χ0v) is 20.2. The lowest BCUT2D eigenvalue weighted by atomic mass is 9.68. The number of nitrogens with one attached hydrogen (secondary N) is 1. The van der Waals surface area contributed by atoms with Gasteiger partial charge in [0.1, 0.15) is 0 Å². The molecule has 1 atom stereocenters. The van der Waals surface area contributed by atoms with Crippen molar-refractivity contribution in [3.05, 3.63) is 45.3 Å². The number of ketones is 1. The topological polar surface area (TPSA) is 84.9 Å². The molecule has 0 spiro atoms. The van der Waals surface area contributed by atoms with Gasteiger partial charge in [0.05, 0.1) is 24.3 Å². The van der Waals surface area contributed by atoms with Crippen LogP contribution < -0.4 is 10.1 Å². The molecule has 3 rings (SSSR count). The first-order valence-electron chi connectivity index (χ1n) is 11.1. The summed E-state index contributed by atoms with van der Waals surface area (Å²) >= 11 is 6.28. The largest absolute Gasteiger partial charge is 0.503 e. The predicted molar refractivity (Wildman–Crippen MR) is 124 cm³/mol. The molecule has 0 saturated heterocycles. The zero-order chi connectivity index (χ0) is 23.6. The number of aromatic hydroxyl groups is 1. The monoisotopic (exact) mass is 461 g/mol. The second-order valence-electron chi connectivity index (χ2n) is 9.33. The molecule has 0 radical (unpaired) electrons. The van der Waals surface area contributed by atoms with Gasteiger partial charge in [-0.2, -0.15) is 0 Å². The van der Waals surface area contributed by atoms with Crippen molar-refractivity contribution in [3.63, 3.8) is 0 Å². The quantitative estimate of drug-likeness (QED) is 0.418. The number of unbranched alkanes of at least 4 members (excludes halogenated alkanes) is 2. The first-order valence-corrected chi connectivity index (χ1v) is 11.4. The molecular weight excluding hydrogens is 430 g/mol. The molecule has 1 aliphatic heterocycles. The Morgan fingerprint density at radius 1 is 1.28 bits per heavy atom. The van der Waals surface area contributed by atoms with Crippen LogP contribution in [0.15, 0.2) is 34.7 Å². The molecule has 0 saturated carbocycles. The van der Waals surface area contributed by atoms with Crippen LogP contribution in [-0.4, -0.2) is 30.6 Å². The highest BCUT2D eigenvalue weighted by Gasteiger charge is 2.43. The summed E-state index contributed by atoms with van der Waals surface area (Å²) in [5.74, 6) is -1.11. The Kier molecular flexibility index (Phi) is 7.23. The Bertz CT molecular complexity index is 992. The summed E-state index contributed by atoms with van der Waals surface area (Å²) in [6.45, 7) is 8.35. The van der Waals surface area contributed by atoms with Crippen molar-refractivity contribution in [3.8, 4) is 11.5 Å². The number of hydrogen-bond donors (Lipinski definition) is 2. The van der Waals surface area contributed by atoms with Crippen LogP contribution >= 0.6 is 11.6 Å². The standard InChI is InChI=1S/C25H32ClNO5/c1-6-7-8-9-32-24(30)20-14(2)27-17-12-25(3,4)13-18(28)22(17)21(20)15-10-16(26)23(29)19(11-15)31-5/h10-11,21,27,29H,6-9,12-13H2,1-5H3. The Balaban J connectivity index is 2.12. The summed E-state index contributed by atoms with van der Waals surface area (Å²) in [6.07, 6.45) is 3.84. The highest BCUT2D eigenvalue weighted by molar-refractivity contribution is 6.32. The van der Waals surface area contributed by atoms with Crippen molar-refractivity contribution in [1.29, 1.82) is 0 Å². The van der Waals surface area contributed by atoms with E-state index in [0.29, 0.717) is 41.9 Å². The van der Waals surface area contributed by atoms with Gasteiger partial charge in [0, 0.05) is 29.3 Å². The van der Waals surface area contributed by atoms with Gasteiger partial charge in [-0.3, -0.25) is 4.79 Å². The third kappa shape index (κ3) is 4.80. The molecule has 2 aliphatic rings. The van der Waals surface area contributed by atoms with Crippen LogP contribution in [-0.2, 0) is 14.3 Å². The molecule has 0 fully saturated rings. The molecule has 6 nitrogen and oxygen atoms in total. The number of ether oxygens (including phenoxy) is 2. The number of carbonyl (C=O) groups excluding carboxylic acids is 2. The maximum absolute atomic E-state index is 13.3. The van der Waals surface area contributed by atoms with Crippen molar-refractivity contribution in [2.75, 3.05) is 13.7 Å². The molecule has 1 heterocycles. The third-order valence-electron chi connectivity index (χ3n) is 6.04. The van der Waals surface area contributed by atoms with Gasteiger partial charge in [0.15, 0.2) is 17.3 Å². The fourth-order valence-corrected chi connectivity index (χ4v) is 4.77. The summed E-state index contributed by atoms with van der Waals surface area (Å²) in [5.41, 5.74) is 2.83. The van der Waals surface area contributed by atoms with Gasteiger partial charge in [-0.15, -0.1) is 0 Å². The predicted octanol–water partition coefficient (Wildman–Crippen LogP) is 5.39. The maximum atomic E-state index is 13.3. The van der Waals surface area contributed by atoms with Crippen molar-refractivity contribution in [2.24, 2.45) is 5.41 Å². The Morgan fingerprint density at radius 2 is 2.00 bits per heavy atom. The van der Waals surface area contributed by atoms with Gasteiger partial charge >= 0.3 is 5.97 Å². The number of dihydropyridines is 1. The summed E-state index contributed by atoms with van der Waals surface area (Å²) < 4.78 is 10.9. The molecule has 0 aromatic heterocycles. The van der Waals surface area contributed by atoms with E-state index in [0.717, 1.165) is 25.0 Å². The van der Waals surface area contributed by atoms with E-state index in [1.807, 2.05) is 6.92 Å². The minimum Gasteiger partial charge on any atom is -0.503 e. The number of methoxy groups -OCH3 is 1. The Labute approximate surface area is 194 Å². The number of carbonyl (C=O) groups is 2. The number of benzene rings is 1. The van der Waals surface area contributed by atoms with E-state index in [9.17, 15) is 14.7 Å². The number of phenolic OH excluding ortho intramolecular Hbond substituents is 1. The van der Waals surface area contributed by atoms with Crippen molar-refractivity contribution < 1.29 is 24.2 Å². The Morgan fingerprint density at radius 3 is 2.66 bits per heavy atom. The molecule has 1 aromatic rings. The smallest absolute Gasteiger partial charge is 0.336 e. The van der Waals surface area contributed by atoms with Gasteiger partial charge in [-0.1, -0.05) is 45.2 Å². The number of phenols is 1. The van der Waals surface area contributed by atoms with Crippen molar-refractivity contribution >= 4 is 23.4 Å². The number of halogens is 1. The molecule has 174 valence electrons. The van der Waals surface area contributed by atoms with E-state index in [1.165, 1.54) is 7.11 Å². The molecular formula is C25H32ClNO5. The summed E-state index contributed by atoms with van der Waals surface area (Å²) in [6, 6.07) is 3.22. The van der Waals surface area contributed by atoms with Gasteiger partial charge in [-0.25, -0.2) is 4.79 Å². The van der Waals surface area contributed by atoms with E-state index in [2.05, 4.69) is 26.1 Å². The maximum Gasteiger partial charge on any atom is 0.336 e. The minimum atomic E-state index is -0.652. The molecule has 1 unspecified atom stereocenters. The normalized spacial score (nSPS) is 20.1. The Hall–Kier alpha value is -2.47. The summed E-state index contributed by atoms with van der Waals surface area (Å²) in [7, 11) is 1.43. The summed E-state index contributed by atoms with van der Waals surface area (Å²) in [5, 5.41) is 13.6. The first-order chi connectivity index (χ1) is 15.1. The lowest BCUT2D eigenvalue weighted by molar-refractivity contribution is -0.139. The van der Waals surface area contributed by atoms with E-state index < -0.39 is 11.9 Å². The van der Waals surface area contributed by atoms with Crippen molar-refractivity contribution in [1.82, 2.24) is 5.32 Å². The van der Waals surface area contributed by atoms with E-state index in [-0.39, 0.29) is 27.7 Å². The average Bonchev–Trinajstić information content (AvgIpc) is 2.71. The van der Waals surface area contributed by atoms with Gasteiger partial charge in [0.25, 0.3) is 0 Å². The molecule has 0 bridgehead atoms. The van der Waals surface area contributed by atoms with E-state index in [4.69, 9.17) is 21.1 Å². The molecule has 7 heteroatoms. The molecule has 1 aromatic carbocycles.